The number of halogens is 1. The molecule has 1 fully saturated rings. The van der Waals surface area contributed by atoms with Crippen molar-refractivity contribution in [2.75, 3.05) is 65.2 Å². The van der Waals surface area contributed by atoms with Crippen LogP contribution in [0.4, 0.5) is 5.69 Å². The van der Waals surface area contributed by atoms with E-state index in [9.17, 15) is 0 Å². The van der Waals surface area contributed by atoms with Crippen LogP contribution in [0.15, 0.2) is 23.2 Å². The molecule has 1 aromatic rings. The molecule has 1 aromatic carbocycles. The fourth-order valence-corrected chi connectivity index (χ4v) is 3.70. The minimum Gasteiger partial charge on any atom is -0.490 e. The molecule has 33 heavy (non-hydrogen) atoms. The van der Waals surface area contributed by atoms with Crippen LogP contribution in [0.25, 0.3) is 0 Å². The molecule has 0 spiro atoms. The summed E-state index contributed by atoms with van der Waals surface area (Å²) in [6.45, 7) is 5.50. The Hall–Kier alpha value is -1.30. The van der Waals surface area contributed by atoms with Gasteiger partial charge in [0.15, 0.2) is 17.5 Å². The van der Waals surface area contributed by atoms with E-state index in [1.54, 1.807) is 7.11 Å². The van der Waals surface area contributed by atoms with Crippen LogP contribution >= 0.6 is 24.0 Å². The Kier molecular flexibility index (Phi) is 14.5. The van der Waals surface area contributed by atoms with Gasteiger partial charge >= 0.3 is 0 Å². The van der Waals surface area contributed by atoms with Gasteiger partial charge in [-0.25, -0.2) is 0 Å². The second-order valence-corrected chi connectivity index (χ2v) is 8.08. The van der Waals surface area contributed by atoms with Crippen molar-refractivity contribution in [1.82, 2.24) is 5.32 Å². The van der Waals surface area contributed by atoms with Crippen LogP contribution < -0.4 is 20.1 Å². The molecule has 2 N–H and O–H groups in total. The van der Waals surface area contributed by atoms with Crippen LogP contribution in [0.5, 0.6) is 11.5 Å². The Morgan fingerprint density at radius 2 is 1.82 bits per heavy atom. The zero-order valence-corrected chi connectivity index (χ0v) is 22.1. The quantitative estimate of drug-likeness (QED) is 0.157. The first-order valence-corrected chi connectivity index (χ1v) is 12.0. The highest BCUT2D eigenvalue weighted by Gasteiger charge is 2.15. The van der Waals surface area contributed by atoms with Crippen molar-refractivity contribution in [3.05, 3.63) is 18.2 Å². The maximum absolute atomic E-state index is 5.96. The molecule has 8 nitrogen and oxygen atoms in total. The molecule has 1 saturated carbocycles. The highest BCUT2D eigenvalue weighted by atomic mass is 127. The van der Waals surface area contributed by atoms with E-state index in [0.29, 0.717) is 45.7 Å². The molecule has 0 amide bonds. The molecular weight excluding hydrogens is 537 g/mol. The van der Waals surface area contributed by atoms with Crippen LogP contribution in [0.1, 0.15) is 44.9 Å². The number of hydrogen-bond donors (Lipinski definition) is 2. The van der Waals surface area contributed by atoms with Crippen molar-refractivity contribution in [3.8, 4) is 11.5 Å². The van der Waals surface area contributed by atoms with Gasteiger partial charge in [-0.15, -0.1) is 24.0 Å². The number of anilines is 1. The van der Waals surface area contributed by atoms with Crippen LogP contribution in [-0.2, 0) is 14.2 Å². The van der Waals surface area contributed by atoms with Crippen LogP contribution in [0, 0.1) is 0 Å². The lowest BCUT2D eigenvalue weighted by atomic mass is 10.2. The molecule has 188 valence electrons. The standard InChI is InChI=1S/C24H39N3O5.HI/c1-28-17-18-29-13-4-11-25-24(26-12-5-14-30-21-7-2-3-8-21)27-20-9-10-22-23(19-20)32-16-6-15-31-22;/h9-10,19,21H,2-8,11-18H2,1H3,(H2,25,26,27);1H. The molecule has 0 bridgehead atoms. The van der Waals surface area contributed by atoms with Gasteiger partial charge in [-0.3, -0.25) is 4.99 Å². The predicted molar refractivity (Wildman–Crippen MR) is 142 cm³/mol. The Balaban J connectivity index is 0.00000385. The number of nitrogens with zero attached hydrogens (tertiary/aromatic N) is 1. The summed E-state index contributed by atoms with van der Waals surface area (Å²) in [5.74, 6) is 2.30. The van der Waals surface area contributed by atoms with Gasteiger partial charge in [0.05, 0.1) is 32.5 Å². The predicted octanol–water partition coefficient (Wildman–Crippen LogP) is 4.23. The first-order chi connectivity index (χ1) is 15.8. The maximum Gasteiger partial charge on any atom is 0.195 e. The lowest BCUT2D eigenvalue weighted by Crippen LogP contribution is -2.32. The average molecular weight is 578 g/mol. The average Bonchev–Trinajstić information content (AvgIpc) is 3.21. The van der Waals surface area contributed by atoms with Gasteiger partial charge in [0.2, 0.25) is 0 Å². The Morgan fingerprint density at radius 3 is 2.64 bits per heavy atom. The minimum atomic E-state index is 0. The number of methoxy groups -OCH3 is 1. The van der Waals surface area contributed by atoms with Gasteiger partial charge < -0.3 is 34.3 Å². The number of fused-ring (bicyclic) bond motifs is 1. The van der Waals surface area contributed by atoms with Gasteiger partial charge in [0.1, 0.15) is 0 Å². The summed E-state index contributed by atoms with van der Waals surface area (Å²) >= 11 is 0. The number of benzene rings is 1. The summed E-state index contributed by atoms with van der Waals surface area (Å²) in [5.41, 5.74) is 0.916. The highest BCUT2D eigenvalue weighted by Crippen LogP contribution is 2.32. The molecule has 0 saturated heterocycles. The minimum absolute atomic E-state index is 0. The first kappa shape index (κ1) is 27.9. The van der Waals surface area contributed by atoms with Gasteiger partial charge in [-0.05, 0) is 37.8 Å². The second kappa shape index (κ2) is 17.2. The van der Waals surface area contributed by atoms with E-state index in [2.05, 4.69) is 10.6 Å². The van der Waals surface area contributed by atoms with Crippen molar-refractivity contribution in [2.24, 2.45) is 4.99 Å². The number of rotatable bonds is 13. The smallest absolute Gasteiger partial charge is 0.195 e. The van der Waals surface area contributed by atoms with E-state index >= 15 is 0 Å². The number of nitrogens with one attached hydrogen (secondary N) is 2. The monoisotopic (exact) mass is 577 g/mol. The highest BCUT2D eigenvalue weighted by molar-refractivity contribution is 14.0. The van der Waals surface area contributed by atoms with E-state index in [-0.39, 0.29) is 24.0 Å². The van der Waals surface area contributed by atoms with Crippen molar-refractivity contribution < 1.29 is 23.7 Å². The van der Waals surface area contributed by atoms with Crippen LogP contribution in [0.3, 0.4) is 0 Å². The normalized spacial score (nSPS) is 16.2. The molecule has 0 aromatic heterocycles. The zero-order chi connectivity index (χ0) is 22.3. The molecule has 1 aliphatic heterocycles. The number of hydrogen-bond acceptors (Lipinski definition) is 6. The van der Waals surface area contributed by atoms with Crippen molar-refractivity contribution in [3.63, 3.8) is 0 Å². The van der Waals surface area contributed by atoms with Crippen molar-refractivity contribution in [1.29, 1.82) is 0 Å². The molecule has 0 atom stereocenters. The molecule has 2 aliphatic rings. The Bertz CT molecular complexity index is 686. The van der Waals surface area contributed by atoms with Crippen LogP contribution in [-0.4, -0.2) is 71.9 Å². The molecule has 1 heterocycles. The summed E-state index contributed by atoms with van der Waals surface area (Å²) in [6.07, 6.45) is 8.16. The Morgan fingerprint density at radius 1 is 1.00 bits per heavy atom. The largest absolute Gasteiger partial charge is 0.490 e. The number of ether oxygens (including phenoxy) is 5. The third-order valence-electron chi connectivity index (χ3n) is 5.43. The SMILES string of the molecule is COCCOCCCN=C(NCCCOC1CCCC1)Nc1ccc2c(c1)OCCCO2.I. The fraction of sp³-hybridized carbons (Fsp3) is 0.708. The fourth-order valence-electron chi connectivity index (χ4n) is 3.70. The third-order valence-corrected chi connectivity index (χ3v) is 5.43. The van der Waals surface area contributed by atoms with E-state index in [1.165, 1.54) is 25.7 Å². The molecular formula is C24H40IN3O5. The molecule has 9 heteroatoms. The Labute approximate surface area is 215 Å². The van der Waals surface area contributed by atoms with Crippen molar-refractivity contribution >= 4 is 35.6 Å². The lowest BCUT2D eigenvalue weighted by molar-refractivity contribution is 0.0574. The van der Waals surface area contributed by atoms with Gasteiger partial charge in [0.25, 0.3) is 0 Å². The summed E-state index contributed by atoms with van der Waals surface area (Å²) in [6, 6.07) is 5.90. The zero-order valence-electron chi connectivity index (χ0n) is 19.8. The maximum atomic E-state index is 5.96. The summed E-state index contributed by atoms with van der Waals surface area (Å²) in [4.78, 5) is 4.71. The van der Waals surface area contributed by atoms with E-state index in [1.807, 2.05) is 18.2 Å². The molecule has 0 unspecified atom stereocenters. The van der Waals surface area contributed by atoms with Crippen LogP contribution in [0.2, 0.25) is 0 Å². The van der Waals surface area contributed by atoms with Gasteiger partial charge in [0, 0.05) is 51.6 Å². The first-order valence-electron chi connectivity index (χ1n) is 12.0. The van der Waals surface area contributed by atoms with E-state index in [0.717, 1.165) is 55.6 Å². The van der Waals surface area contributed by atoms with Gasteiger partial charge in [-0.1, -0.05) is 12.8 Å². The van der Waals surface area contributed by atoms with E-state index < -0.39 is 0 Å². The summed E-state index contributed by atoms with van der Waals surface area (Å²) in [5, 5.41) is 6.82. The molecule has 1 aliphatic carbocycles. The van der Waals surface area contributed by atoms with Crippen molar-refractivity contribution in [2.45, 2.75) is 51.0 Å². The van der Waals surface area contributed by atoms with E-state index in [4.69, 9.17) is 28.7 Å². The third kappa shape index (κ3) is 11.1. The van der Waals surface area contributed by atoms with Gasteiger partial charge in [-0.2, -0.15) is 0 Å². The summed E-state index contributed by atoms with van der Waals surface area (Å²) < 4.78 is 28.0. The number of guanidine groups is 1. The second-order valence-electron chi connectivity index (χ2n) is 8.08. The topological polar surface area (TPSA) is 82.6 Å². The lowest BCUT2D eigenvalue weighted by Gasteiger charge is -2.15. The number of aliphatic imine (C=N–C) groups is 1. The summed E-state index contributed by atoms with van der Waals surface area (Å²) in [7, 11) is 1.68. The molecule has 3 rings (SSSR count). The molecule has 0 radical (unpaired) electrons.